The van der Waals surface area contributed by atoms with Crippen molar-refractivity contribution in [1.82, 2.24) is 4.31 Å². The molecule has 0 unspecified atom stereocenters. The van der Waals surface area contributed by atoms with E-state index in [0.29, 0.717) is 42.4 Å². The van der Waals surface area contributed by atoms with Crippen LogP contribution >= 0.6 is 0 Å². The number of rotatable bonds is 2. The Hall–Kier alpha value is -1.11. The van der Waals surface area contributed by atoms with Crippen LogP contribution in [0.25, 0.3) is 0 Å². The standard InChI is InChI=1S/C11H16N2O3S/c1-9-2-3-10(12)8-11(9)17(14,15)13-4-6-16-7-5-13/h2-3,8H,4-7,12H2,1H3. The number of hydrogen-bond donors (Lipinski definition) is 1. The van der Waals surface area contributed by atoms with Gasteiger partial charge < -0.3 is 10.5 Å². The summed E-state index contributed by atoms with van der Waals surface area (Å²) in [6.07, 6.45) is 0. The van der Waals surface area contributed by atoms with Gasteiger partial charge >= 0.3 is 0 Å². The van der Waals surface area contributed by atoms with E-state index in [0.717, 1.165) is 0 Å². The molecule has 1 aromatic carbocycles. The van der Waals surface area contributed by atoms with Crippen molar-refractivity contribution < 1.29 is 13.2 Å². The Morgan fingerprint density at radius 2 is 1.94 bits per heavy atom. The highest BCUT2D eigenvalue weighted by molar-refractivity contribution is 7.89. The monoisotopic (exact) mass is 256 g/mol. The lowest BCUT2D eigenvalue weighted by molar-refractivity contribution is 0.0730. The summed E-state index contributed by atoms with van der Waals surface area (Å²) in [7, 11) is -3.44. The molecule has 1 aliphatic heterocycles. The van der Waals surface area contributed by atoms with Gasteiger partial charge in [0.15, 0.2) is 0 Å². The summed E-state index contributed by atoms with van der Waals surface area (Å²) in [5.41, 5.74) is 6.82. The molecule has 1 aromatic rings. The van der Waals surface area contributed by atoms with E-state index >= 15 is 0 Å². The molecule has 2 N–H and O–H groups in total. The summed E-state index contributed by atoms with van der Waals surface area (Å²) in [6, 6.07) is 4.94. The molecule has 0 aliphatic carbocycles. The molecular formula is C11H16N2O3S. The zero-order valence-electron chi connectivity index (χ0n) is 9.72. The van der Waals surface area contributed by atoms with Crippen molar-refractivity contribution in [3.05, 3.63) is 23.8 Å². The van der Waals surface area contributed by atoms with E-state index in [1.54, 1.807) is 19.1 Å². The van der Waals surface area contributed by atoms with Crippen LogP contribution < -0.4 is 5.73 Å². The molecule has 5 nitrogen and oxygen atoms in total. The first-order valence-corrected chi connectivity index (χ1v) is 6.90. The minimum atomic E-state index is -3.44. The number of ether oxygens (including phenoxy) is 1. The largest absolute Gasteiger partial charge is 0.399 e. The molecule has 0 saturated carbocycles. The topological polar surface area (TPSA) is 72.6 Å². The second-order valence-electron chi connectivity index (χ2n) is 4.04. The fourth-order valence-electron chi connectivity index (χ4n) is 1.82. The van der Waals surface area contributed by atoms with Crippen LogP contribution in [0, 0.1) is 6.92 Å². The van der Waals surface area contributed by atoms with E-state index in [-0.39, 0.29) is 0 Å². The molecule has 17 heavy (non-hydrogen) atoms. The van der Waals surface area contributed by atoms with Crippen LogP contribution in [-0.4, -0.2) is 39.0 Å². The molecule has 1 saturated heterocycles. The van der Waals surface area contributed by atoms with Crippen LogP contribution in [0.3, 0.4) is 0 Å². The molecule has 1 fully saturated rings. The molecule has 1 heterocycles. The third kappa shape index (κ3) is 2.43. The molecule has 94 valence electrons. The van der Waals surface area contributed by atoms with Gasteiger partial charge in [0.1, 0.15) is 0 Å². The second-order valence-corrected chi connectivity index (χ2v) is 5.95. The maximum absolute atomic E-state index is 12.4. The first-order chi connectivity index (χ1) is 8.01. The van der Waals surface area contributed by atoms with E-state index in [4.69, 9.17) is 10.5 Å². The minimum absolute atomic E-state index is 0.291. The second kappa shape index (κ2) is 4.64. The Labute approximate surface area is 101 Å². The Morgan fingerprint density at radius 1 is 1.29 bits per heavy atom. The maximum Gasteiger partial charge on any atom is 0.243 e. The highest BCUT2D eigenvalue weighted by Crippen LogP contribution is 2.22. The Kier molecular flexibility index (Phi) is 3.37. The number of hydrogen-bond acceptors (Lipinski definition) is 4. The fourth-order valence-corrected chi connectivity index (χ4v) is 3.49. The highest BCUT2D eigenvalue weighted by Gasteiger charge is 2.27. The Morgan fingerprint density at radius 3 is 2.59 bits per heavy atom. The van der Waals surface area contributed by atoms with Gasteiger partial charge in [-0.1, -0.05) is 6.07 Å². The fraction of sp³-hybridized carbons (Fsp3) is 0.455. The first-order valence-electron chi connectivity index (χ1n) is 5.46. The number of aryl methyl sites for hydroxylation is 1. The van der Waals surface area contributed by atoms with E-state index < -0.39 is 10.0 Å². The van der Waals surface area contributed by atoms with E-state index in [1.807, 2.05) is 0 Å². The van der Waals surface area contributed by atoms with E-state index in [1.165, 1.54) is 10.4 Å². The van der Waals surface area contributed by atoms with Crippen molar-refractivity contribution in [2.75, 3.05) is 32.0 Å². The van der Waals surface area contributed by atoms with Crippen molar-refractivity contribution >= 4 is 15.7 Å². The summed E-state index contributed by atoms with van der Waals surface area (Å²) >= 11 is 0. The lowest BCUT2D eigenvalue weighted by atomic mass is 10.2. The molecule has 1 aliphatic rings. The molecule has 0 amide bonds. The van der Waals surface area contributed by atoms with Crippen LogP contribution in [-0.2, 0) is 14.8 Å². The third-order valence-corrected chi connectivity index (χ3v) is 4.84. The van der Waals surface area contributed by atoms with Gasteiger partial charge in [-0.25, -0.2) is 8.42 Å². The Bertz CT molecular complexity index is 507. The molecular weight excluding hydrogens is 240 g/mol. The predicted molar refractivity (Wildman–Crippen MR) is 65.2 cm³/mol. The third-order valence-electron chi connectivity index (χ3n) is 2.80. The Balaban J connectivity index is 2.40. The van der Waals surface area contributed by atoms with Gasteiger partial charge in [-0.05, 0) is 24.6 Å². The SMILES string of the molecule is Cc1ccc(N)cc1S(=O)(=O)N1CCOCC1. The van der Waals surface area contributed by atoms with Crippen LogP contribution in [0.15, 0.2) is 23.1 Å². The number of nitrogens with two attached hydrogens (primary N) is 1. The molecule has 2 rings (SSSR count). The number of nitrogens with zero attached hydrogens (tertiary/aromatic N) is 1. The van der Waals surface area contributed by atoms with Crippen molar-refractivity contribution in [3.8, 4) is 0 Å². The first kappa shape index (κ1) is 12.3. The summed E-state index contributed by atoms with van der Waals surface area (Å²) in [6.45, 7) is 3.46. The smallest absolute Gasteiger partial charge is 0.243 e. The zero-order chi connectivity index (χ0) is 12.5. The summed E-state index contributed by atoms with van der Waals surface area (Å²) < 4.78 is 31.3. The van der Waals surface area contributed by atoms with E-state index in [9.17, 15) is 8.42 Å². The van der Waals surface area contributed by atoms with Crippen molar-refractivity contribution in [1.29, 1.82) is 0 Å². The molecule has 0 aromatic heterocycles. The quantitative estimate of drug-likeness (QED) is 0.786. The maximum atomic E-state index is 12.4. The van der Waals surface area contributed by atoms with Crippen molar-refractivity contribution in [2.45, 2.75) is 11.8 Å². The zero-order valence-corrected chi connectivity index (χ0v) is 10.5. The average Bonchev–Trinajstić information content (AvgIpc) is 2.33. The molecule has 0 radical (unpaired) electrons. The summed E-state index contributed by atoms with van der Waals surface area (Å²) in [5.74, 6) is 0. The minimum Gasteiger partial charge on any atom is -0.399 e. The highest BCUT2D eigenvalue weighted by atomic mass is 32.2. The van der Waals surface area contributed by atoms with Crippen molar-refractivity contribution in [3.63, 3.8) is 0 Å². The van der Waals surface area contributed by atoms with Gasteiger partial charge in [-0.3, -0.25) is 0 Å². The molecule has 6 heteroatoms. The number of sulfonamides is 1. The number of anilines is 1. The average molecular weight is 256 g/mol. The predicted octanol–water partition coefficient (Wildman–Crippen LogP) is 0.598. The lowest BCUT2D eigenvalue weighted by Gasteiger charge is -2.26. The van der Waals surface area contributed by atoms with Gasteiger partial charge in [0, 0.05) is 18.8 Å². The number of morpholine rings is 1. The van der Waals surface area contributed by atoms with Crippen LogP contribution in [0.2, 0.25) is 0 Å². The lowest BCUT2D eigenvalue weighted by Crippen LogP contribution is -2.40. The van der Waals surface area contributed by atoms with Crippen LogP contribution in [0.5, 0.6) is 0 Å². The normalized spacial score (nSPS) is 18.2. The number of nitrogen functional groups attached to an aromatic ring is 1. The summed E-state index contributed by atoms with van der Waals surface area (Å²) in [4.78, 5) is 0.291. The van der Waals surface area contributed by atoms with Crippen molar-refractivity contribution in [2.24, 2.45) is 0 Å². The number of benzene rings is 1. The van der Waals surface area contributed by atoms with E-state index in [2.05, 4.69) is 0 Å². The van der Waals surface area contributed by atoms with Gasteiger partial charge in [0.2, 0.25) is 10.0 Å². The summed E-state index contributed by atoms with van der Waals surface area (Å²) in [5, 5.41) is 0. The molecule has 0 bridgehead atoms. The van der Waals surface area contributed by atoms with Gasteiger partial charge in [-0.2, -0.15) is 4.31 Å². The van der Waals surface area contributed by atoms with Crippen LogP contribution in [0.1, 0.15) is 5.56 Å². The van der Waals surface area contributed by atoms with Gasteiger partial charge in [0.25, 0.3) is 0 Å². The van der Waals surface area contributed by atoms with Crippen LogP contribution in [0.4, 0.5) is 5.69 Å². The molecule has 0 spiro atoms. The molecule has 0 atom stereocenters. The van der Waals surface area contributed by atoms with Gasteiger partial charge in [-0.15, -0.1) is 0 Å². The van der Waals surface area contributed by atoms with Gasteiger partial charge in [0.05, 0.1) is 18.1 Å².